The molecule has 1 fully saturated rings. The Hall–Kier alpha value is -1.75. The van der Waals surface area contributed by atoms with Crippen LogP contribution in [0.3, 0.4) is 0 Å². The Labute approximate surface area is 153 Å². The average Bonchev–Trinajstić information content (AvgIpc) is 2.89. The number of likely N-dealkylation sites (N-methyl/N-ethyl adjacent to an activating group) is 1. The Morgan fingerprint density at radius 1 is 1.25 bits per heavy atom. The SMILES string of the molecule is CN(Cc1cccc(N)c1)C1CCN(c2ccccc2Cl)C1=O.Cl. The molecule has 0 aliphatic carbocycles. The molecule has 0 aromatic heterocycles. The third kappa shape index (κ3) is 3.83. The predicted octanol–water partition coefficient (Wildman–Crippen LogP) is 3.58. The first-order chi connectivity index (χ1) is 11.1. The summed E-state index contributed by atoms with van der Waals surface area (Å²) in [6, 6.07) is 15.1. The first-order valence-electron chi connectivity index (χ1n) is 7.67. The highest BCUT2D eigenvalue weighted by Gasteiger charge is 2.35. The third-order valence-corrected chi connectivity index (χ3v) is 4.56. The monoisotopic (exact) mass is 365 g/mol. The van der Waals surface area contributed by atoms with Crippen molar-refractivity contribution in [3.63, 3.8) is 0 Å². The fraction of sp³-hybridized carbons (Fsp3) is 0.278. The summed E-state index contributed by atoms with van der Waals surface area (Å²) in [7, 11) is 1.97. The molecule has 1 heterocycles. The molecule has 4 nitrogen and oxygen atoms in total. The summed E-state index contributed by atoms with van der Waals surface area (Å²) in [6.07, 6.45) is 0.795. The molecular formula is C18H21Cl2N3O. The van der Waals surface area contributed by atoms with Gasteiger partial charge in [-0.3, -0.25) is 9.69 Å². The van der Waals surface area contributed by atoms with Crippen LogP contribution in [-0.4, -0.2) is 30.4 Å². The number of hydrogen-bond donors (Lipinski definition) is 1. The van der Waals surface area contributed by atoms with Gasteiger partial charge in [0.15, 0.2) is 0 Å². The van der Waals surface area contributed by atoms with Gasteiger partial charge in [-0.15, -0.1) is 12.4 Å². The number of nitrogens with zero attached hydrogens (tertiary/aromatic N) is 2. The third-order valence-electron chi connectivity index (χ3n) is 4.24. The quantitative estimate of drug-likeness (QED) is 0.842. The predicted molar refractivity (Wildman–Crippen MR) is 102 cm³/mol. The van der Waals surface area contributed by atoms with Crippen molar-refractivity contribution in [2.45, 2.75) is 19.0 Å². The Bertz CT molecular complexity index is 723. The minimum atomic E-state index is -0.132. The number of anilines is 2. The maximum atomic E-state index is 12.8. The van der Waals surface area contributed by atoms with Crippen LogP contribution in [0.2, 0.25) is 5.02 Å². The van der Waals surface area contributed by atoms with Crippen molar-refractivity contribution in [3.8, 4) is 0 Å². The van der Waals surface area contributed by atoms with E-state index in [1.807, 2.05) is 55.6 Å². The molecule has 1 unspecified atom stereocenters. The summed E-state index contributed by atoms with van der Waals surface area (Å²) < 4.78 is 0. The molecule has 1 aliphatic rings. The fourth-order valence-electron chi connectivity index (χ4n) is 3.07. The lowest BCUT2D eigenvalue weighted by atomic mass is 10.1. The highest BCUT2D eigenvalue weighted by molar-refractivity contribution is 6.33. The van der Waals surface area contributed by atoms with Crippen LogP contribution >= 0.6 is 24.0 Å². The van der Waals surface area contributed by atoms with Crippen LogP contribution in [-0.2, 0) is 11.3 Å². The zero-order valence-corrected chi connectivity index (χ0v) is 15.1. The number of carbonyl (C=O) groups is 1. The molecule has 0 spiro atoms. The van der Waals surface area contributed by atoms with Crippen LogP contribution in [0.25, 0.3) is 0 Å². The molecule has 24 heavy (non-hydrogen) atoms. The minimum Gasteiger partial charge on any atom is -0.399 e. The average molecular weight is 366 g/mol. The number of halogens is 2. The van der Waals surface area contributed by atoms with E-state index >= 15 is 0 Å². The van der Waals surface area contributed by atoms with Gasteiger partial charge in [0.25, 0.3) is 0 Å². The van der Waals surface area contributed by atoms with Crippen LogP contribution in [0.4, 0.5) is 11.4 Å². The van der Waals surface area contributed by atoms with Crippen molar-refractivity contribution in [2.24, 2.45) is 0 Å². The molecule has 1 amide bonds. The highest BCUT2D eigenvalue weighted by atomic mass is 35.5. The van der Waals surface area contributed by atoms with E-state index in [4.69, 9.17) is 17.3 Å². The van der Waals surface area contributed by atoms with Gasteiger partial charge < -0.3 is 10.6 Å². The van der Waals surface area contributed by atoms with Crippen LogP contribution in [0.1, 0.15) is 12.0 Å². The second-order valence-electron chi connectivity index (χ2n) is 5.91. The molecule has 2 aromatic rings. The summed E-state index contributed by atoms with van der Waals surface area (Å²) in [5.41, 5.74) is 8.46. The van der Waals surface area contributed by atoms with Gasteiger partial charge in [0.2, 0.25) is 5.91 Å². The standard InChI is InChI=1S/C18H20ClN3O.ClH/c1-21(12-13-5-4-6-14(20)11-13)17-9-10-22(18(17)23)16-8-3-2-7-15(16)19;/h2-8,11,17H,9-10,12,20H2,1H3;1H. The molecule has 2 aromatic carbocycles. The smallest absolute Gasteiger partial charge is 0.244 e. The van der Waals surface area contributed by atoms with Gasteiger partial charge in [0.05, 0.1) is 16.8 Å². The van der Waals surface area contributed by atoms with Crippen molar-refractivity contribution in [1.29, 1.82) is 0 Å². The Balaban J connectivity index is 0.00000208. The van der Waals surface area contributed by atoms with Gasteiger partial charge in [-0.25, -0.2) is 0 Å². The molecule has 2 N–H and O–H groups in total. The number of nitrogens with two attached hydrogens (primary N) is 1. The number of amides is 1. The summed E-state index contributed by atoms with van der Waals surface area (Å²) in [6.45, 7) is 1.38. The van der Waals surface area contributed by atoms with E-state index in [1.165, 1.54) is 0 Å². The summed E-state index contributed by atoms with van der Waals surface area (Å²) in [5, 5.41) is 0.611. The lowest BCUT2D eigenvalue weighted by molar-refractivity contribution is -0.121. The first-order valence-corrected chi connectivity index (χ1v) is 8.04. The highest BCUT2D eigenvalue weighted by Crippen LogP contribution is 2.30. The molecule has 1 atom stereocenters. The Kier molecular flexibility index (Phi) is 6.10. The van der Waals surface area contributed by atoms with E-state index in [2.05, 4.69) is 4.90 Å². The number of hydrogen-bond acceptors (Lipinski definition) is 3. The van der Waals surface area contributed by atoms with Crippen LogP contribution in [0.15, 0.2) is 48.5 Å². The van der Waals surface area contributed by atoms with E-state index in [0.717, 1.165) is 23.4 Å². The van der Waals surface area contributed by atoms with Gasteiger partial charge in [0.1, 0.15) is 0 Å². The Morgan fingerprint density at radius 2 is 2.00 bits per heavy atom. The molecule has 6 heteroatoms. The van der Waals surface area contributed by atoms with Crippen molar-refractivity contribution < 1.29 is 4.79 Å². The van der Waals surface area contributed by atoms with Gasteiger partial charge in [-0.1, -0.05) is 35.9 Å². The molecule has 0 bridgehead atoms. The Morgan fingerprint density at radius 3 is 2.71 bits per heavy atom. The van der Waals surface area contributed by atoms with Crippen LogP contribution < -0.4 is 10.6 Å². The summed E-state index contributed by atoms with van der Waals surface area (Å²) in [4.78, 5) is 16.6. The maximum absolute atomic E-state index is 12.8. The second-order valence-corrected chi connectivity index (χ2v) is 6.31. The largest absolute Gasteiger partial charge is 0.399 e. The zero-order chi connectivity index (χ0) is 16.4. The minimum absolute atomic E-state index is 0. The molecule has 0 saturated carbocycles. The van der Waals surface area contributed by atoms with Gasteiger partial charge in [-0.05, 0) is 43.3 Å². The van der Waals surface area contributed by atoms with Gasteiger partial charge >= 0.3 is 0 Å². The zero-order valence-electron chi connectivity index (χ0n) is 13.5. The lowest BCUT2D eigenvalue weighted by Gasteiger charge is -2.24. The second kappa shape index (κ2) is 7.88. The number of rotatable bonds is 4. The van der Waals surface area contributed by atoms with Crippen molar-refractivity contribution in [2.75, 3.05) is 24.2 Å². The van der Waals surface area contributed by atoms with E-state index in [-0.39, 0.29) is 24.4 Å². The van der Waals surface area contributed by atoms with Crippen LogP contribution in [0.5, 0.6) is 0 Å². The van der Waals surface area contributed by atoms with E-state index in [0.29, 0.717) is 18.1 Å². The maximum Gasteiger partial charge on any atom is 0.244 e. The van der Waals surface area contributed by atoms with Crippen LogP contribution in [0, 0.1) is 0 Å². The molecule has 1 aliphatic heterocycles. The van der Waals surface area contributed by atoms with Crippen molar-refractivity contribution in [3.05, 3.63) is 59.1 Å². The molecule has 3 rings (SSSR count). The molecule has 128 valence electrons. The number of nitrogen functional groups attached to an aromatic ring is 1. The number of carbonyl (C=O) groups excluding carboxylic acids is 1. The summed E-state index contributed by atoms with van der Waals surface area (Å²) in [5.74, 6) is 0.101. The van der Waals surface area contributed by atoms with E-state index in [1.54, 1.807) is 4.90 Å². The van der Waals surface area contributed by atoms with Crippen molar-refractivity contribution in [1.82, 2.24) is 4.90 Å². The van der Waals surface area contributed by atoms with Gasteiger partial charge in [-0.2, -0.15) is 0 Å². The number of para-hydroxylation sites is 1. The van der Waals surface area contributed by atoms with Crippen molar-refractivity contribution >= 4 is 41.3 Å². The molecule has 1 saturated heterocycles. The first kappa shape index (κ1) is 18.6. The van der Waals surface area contributed by atoms with Gasteiger partial charge in [0, 0.05) is 18.8 Å². The topological polar surface area (TPSA) is 49.6 Å². The lowest BCUT2D eigenvalue weighted by Crippen LogP contribution is -2.39. The normalized spacial score (nSPS) is 17.2. The molecular weight excluding hydrogens is 345 g/mol. The summed E-state index contributed by atoms with van der Waals surface area (Å²) >= 11 is 6.22. The van der Waals surface area contributed by atoms with E-state index < -0.39 is 0 Å². The fourth-order valence-corrected chi connectivity index (χ4v) is 3.31. The van der Waals surface area contributed by atoms with E-state index in [9.17, 15) is 4.79 Å². The molecule has 0 radical (unpaired) electrons. The number of benzene rings is 2.